The van der Waals surface area contributed by atoms with Gasteiger partial charge in [-0.1, -0.05) is 0 Å². The molecule has 1 aliphatic rings. The van der Waals surface area contributed by atoms with Crippen molar-refractivity contribution in [3.05, 3.63) is 24.0 Å². The molecule has 1 saturated heterocycles. The zero-order chi connectivity index (χ0) is 13.1. The predicted octanol–water partition coefficient (Wildman–Crippen LogP) is 2.13. The fourth-order valence-corrected chi connectivity index (χ4v) is 2.77. The highest BCUT2D eigenvalue weighted by atomic mass is 32.2. The third-order valence-corrected chi connectivity index (χ3v) is 3.92. The van der Waals surface area contributed by atoms with Gasteiger partial charge in [0.15, 0.2) is 6.10 Å². The Kier molecular flexibility index (Phi) is 4.08. The van der Waals surface area contributed by atoms with Gasteiger partial charge in [0.2, 0.25) is 0 Å². The summed E-state index contributed by atoms with van der Waals surface area (Å²) < 4.78 is 18.6. The SMILES string of the molecule is Nc1ccc(SCC2CCC(C(=O)O)O2)cc1F. The van der Waals surface area contributed by atoms with Crippen molar-refractivity contribution in [3.63, 3.8) is 0 Å². The molecule has 1 heterocycles. The van der Waals surface area contributed by atoms with E-state index in [0.29, 0.717) is 12.2 Å². The Morgan fingerprint density at radius 3 is 2.94 bits per heavy atom. The summed E-state index contributed by atoms with van der Waals surface area (Å²) in [5, 5.41) is 8.79. The quantitative estimate of drug-likeness (QED) is 0.648. The topological polar surface area (TPSA) is 72.6 Å². The van der Waals surface area contributed by atoms with E-state index in [1.807, 2.05) is 0 Å². The largest absolute Gasteiger partial charge is 0.479 e. The highest BCUT2D eigenvalue weighted by Gasteiger charge is 2.30. The summed E-state index contributed by atoms with van der Waals surface area (Å²) in [6.07, 6.45) is 0.480. The van der Waals surface area contributed by atoms with Gasteiger partial charge in [-0.05, 0) is 31.0 Å². The number of rotatable bonds is 4. The summed E-state index contributed by atoms with van der Waals surface area (Å²) in [5.41, 5.74) is 5.51. The Bertz CT molecular complexity index is 455. The number of carbonyl (C=O) groups is 1. The Morgan fingerprint density at radius 2 is 2.33 bits per heavy atom. The summed E-state index contributed by atoms with van der Waals surface area (Å²) in [6, 6.07) is 4.64. The normalized spacial score (nSPS) is 23.2. The first-order chi connectivity index (χ1) is 8.56. The molecule has 2 rings (SSSR count). The monoisotopic (exact) mass is 271 g/mol. The Morgan fingerprint density at radius 1 is 1.56 bits per heavy atom. The number of nitrogens with two attached hydrogens (primary N) is 1. The number of thioether (sulfide) groups is 1. The minimum absolute atomic E-state index is 0.0864. The van der Waals surface area contributed by atoms with Crippen molar-refractivity contribution in [2.24, 2.45) is 0 Å². The zero-order valence-corrected chi connectivity index (χ0v) is 10.5. The van der Waals surface area contributed by atoms with Gasteiger partial charge in [0.25, 0.3) is 0 Å². The molecule has 1 aromatic rings. The van der Waals surface area contributed by atoms with Crippen molar-refractivity contribution in [2.75, 3.05) is 11.5 Å². The summed E-state index contributed by atoms with van der Waals surface area (Å²) >= 11 is 1.44. The summed E-state index contributed by atoms with van der Waals surface area (Å²) in [6.45, 7) is 0. The number of nitrogen functional groups attached to an aromatic ring is 1. The van der Waals surface area contributed by atoms with Gasteiger partial charge < -0.3 is 15.6 Å². The predicted molar refractivity (Wildman–Crippen MR) is 67.1 cm³/mol. The van der Waals surface area contributed by atoms with Crippen LogP contribution >= 0.6 is 11.8 Å². The minimum Gasteiger partial charge on any atom is -0.479 e. The molecule has 6 heteroatoms. The number of ether oxygens (including phenoxy) is 1. The second-order valence-corrected chi connectivity index (χ2v) is 5.25. The maximum atomic E-state index is 13.2. The molecule has 0 spiro atoms. The van der Waals surface area contributed by atoms with E-state index >= 15 is 0 Å². The van der Waals surface area contributed by atoms with Gasteiger partial charge in [0, 0.05) is 10.6 Å². The van der Waals surface area contributed by atoms with E-state index in [0.717, 1.165) is 11.3 Å². The summed E-state index contributed by atoms with van der Waals surface area (Å²) in [7, 11) is 0. The van der Waals surface area contributed by atoms with Gasteiger partial charge >= 0.3 is 5.97 Å². The number of hydrogen-bond donors (Lipinski definition) is 2. The number of halogens is 1. The van der Waals surface area contributed by atoms with E-state index in [1.165, 1.54) is 23.9 Å². The average Bonchev–Trinajstić information content (AvgIpc) is 2.79. The van der Waals surface area contributed by atoms with Gasteiger partial charge in [-0.25, -0.2) is 9.18 Å². The van der Waals surface area contributed by atoms with Crippen LogP contribution in [0.25, 0.3) is 0 Å². The molecule has 1 fully saturated rings. The molecule has 1 aromatic carbocycles. The molecule has 0 saturated carbocycles. The number of anilines is 1. The number of carboxylic acid groups (broad SMARTS) is 1. The first kappa shape index (κ1) is 13.2. The lowest BCUT2D eigenvalue weighted by Gasteiger charge is -2.10. The second kappa shape index (κ2) is 5.58. The van der Waals surface area contributed by atoms with Crippen molar-refractivity contribution < 1.29 is 19.0 Å². The van der Waals surface area contributed by atoms with E-state index < -0.39 is 17.9 Å². The van der Waals surface area contributed by atoms with Gasteiger partial charge in [0.05, 0.1) is 11.8 Å². The molecular weight excluding hydrogens is 257 g/mol. The summed E-state index contributed by atoms with van der Waals surface area (Å²) in [4.78, 5) is 11.5. The van der Waals surface area contributed by atoms with Gasteiger partial charge in [-0.15, -0.1) is 11.8 Å². The molecule has 4 nitrogen and oxygen atoms in total. The molecule has 3 N–H and O–H groups in total. The van der Waals surface area contributed by atoms with E-state index in [4.69, 9.17) is 15.6 Å². The van der Waals surface area contributed by atoms with Crippen LogP contribution in [0.5, 0.6) is 0 Å². The second-order valence-electron chi connectivity index (χ2n) is 4.16. The smallest absolute Gasteiger partial charge is 0.332 e. The van der Waals surface area contributed by atoms with Crippen LogP contribution in [-0.4, -0.2) is 29.0 Å². The molecular formula is C12H14FNO3S. The van der Waals surface area contributed by atoms with Gasteiger partial charge in [-0.3, -0.25) is 0 Å². The molecule has 2 atom stereocenters. The molecule has 1 aliphatic heterocycles. The molecule has 0 aromatic heterocycles. The number of hydrogen-bond acceptors (Lipinski definition) is 4. The standard InChI is InChI=1S/C12H14FNO3S/c13-9-5-8(2-3-10(9)14)18-6-7-1-4-11(17-7)12(15)16/h2-3,5,7,11H,1,4,6,14H2,(H,15,16). The van der Waals surface area contributed by atoms with Crippen molar-refractivity contribution in [1.29, 1.82) is 0 Å². The van der Waals surface area contributed by atoms with Gasteiger partial charge in [-0.2, -0.15) is 0 Å². The Balaban J connectivity index is 1.85. The number of benzene rings is 1. The molecule has 0 aliphatic carbocycles. The highest BCUT2D eigenvalue weighted by molar-refractivity contribution is 7.99. The van der Waals surface area contributed by atoms with Gasteiger partial charge in [0.1, 0.15) is 5.82 Å². The third kappa shape index (κ3) is 3.14. The lowest BCUT2D eigenvalue weighted by molar-refractivity contribution is -0.148. The Labute approximate surface area is 108 Å². The summed E-state index contributed by atoms with van der Waals surface area (Å²) in [5.74, 6) is -0.732. The molecule has 0 radical (unpaired) electrons. The molecule has 2 unspecified atom stereocenters. The van der Waals surface area contributed by atoms with Crippen LogP contribution in [0.4, 0.5) is 10.1 Å². The van der Waals surface area contributed by atoms with E-state index in [9.17, 15) is 9.18 Å². The van der Waals surface area contributed by atoms with Crippen molar-refractivity contribution in [3.8, 4) is 0 Å². The van der Waals surface area contributed by atoms with Crippen LogP contribution in [0.2, 0.25) is 0 Å². The average molecular weight is 271 g/mol. The van der Waals surface area contributed by atoms with Crippen molar-refractivity contribution in [1.82, 2.24) is 0 Å². The number of carboxylic acids is 1. The van der Waals surface area contributed by atoms with E-state index in [1.54, 1.807) is 6.07 Å². The lowest BCUT2D eigenvalue weighted by Crippen LogP contribution is -2.21. The fourth-order valence-electron chi connectivity index (χ4n) is 1.80. The zero-order valence-electron chi connectivity index (χ0n) is 9.64. The Hall–Kier alpha value is -1.27. The van der Waals surface area contributed by atoms with Crippen LogP contribution in [0.15, 0.2) is 23.1 Å². The maximum Gasteiger partial charge on any atom is 0.332 e. The van der Waals surface area contributed by atoms with Crippen molar-refractivity contribution in [2.45, 2.75) is 29.9 Å². The van der Waals surface area contributed by atoms with E-state index in [2.05, 4.69) is 0 Å². The molecule has 0 amide bonds. The maximum absolute atomic E-state index is 13.2. The lowest BCUT2D eigenvalue weighted by atomic mass is 10.2. The van der Waals surface area contributed by atoms with Crippen LogP contribution in [-0.2, 0) is 9.53 Å². The van der Waals surface area contributed by atoms with Crippen LogP contribution in [0.3, 0.4) is 0 Å². The van der Waals surface area contributed by atoms with Crippen LogP contribution in [0, 0.1) is 5.82 Å². The van der Waals surface area contributed by atoms with Crippen LogP contribution < -0.4 is 5.73 Å². The fraction of sp³-hybridized carbons (Fsp3) is 0.417. The molecule has 18 heavy (non-hydrogen) atoms. The van der Waals surface area contributed by atoms with Crippen molar-refractivity contribution >= 4 is 23.4 Å². The minimum atomic E-state index is -0.916. The highest BCUT2D eigenvalue weighted by Crippen LogP contribution is 2.28. The third-order valence-electron chi connectivity index (χ3n) is 2.79. The molecule has 0 bridgehead atoms. The van der Waals surface area contributed by atoms with Crippen LogP contribution in [0.1, 0.15) is 12.8 Å². The van der Waals surface area contributed by atoms with E-state index in [-0.39, 0.29) is 11.8 Å². The number of aliphatic carboxylic acids is 1. The first-order valence-corrected chi connectivity index (χ1v) is 6.61. The molecule has 98 valence electrons. The first-order valence-electron chi connectivity index (χ1n) is 5.62.